The summed E-state index contributed by atoms with van der Waals surface area (Å²) in [6, 6.07) is 13.0. The number of likely N-dealkylation sites (tertiary alicyclic amines) is 1. The maximum atomic E-state index is 14.2. The minimum atomic E-state index is -1.02. The highest BCUT2D eigenvalue weighted by Gasteiger charge is 2.45. The number of imidazole rings is 1. The van der Waals surface area contributed by atoms with Crippen molar-refractivity contribution in [3.05, 3.63) is 65.7 Å². The second-order valence-corrected chi connectivity index (χ2v) is 10.8. The lowest BCUT2D eigenvalue weighted by Gasteiger charge is -2.36. The molecule has 3 amide bonds. The average Bonchev–Trinajstić information content (AvgIpc) is 3.63. The highest BCUT2D eigenvalue weighted by molar-refractivity contribution is 5.93. The summed E-state index contributed by atoms with van der Waals surface area (Å²) >= 11 is 0. The number of carbonyl (C=O) groups excluding carboxylic acids is 3. The number of hydrogen-bond acceptors (Lipinski definition) is 4. The maximum Gasteiger partial charge on any atom is 0.243 e. The van der Waals surface area contributed by atoms with Gasteiger partial charge in [0.25, 0.3) is 0 Å². The Morgan fingerprint density at radius 3 is 2.64 bits per heavy atom. The normalized spacial score (nSPS) is 22.2. The fourth-order valence-corrected chi connectivity index (χ4v) is 5.69. The van der Waals surface area contributed by atoms with Crippen LogP contribution < -0.4 is 10.6 Å². The molecule has 0 spiro atoms. The van der Waals surface area contributed by atoms with E-state index in [1.807, 2.05) is 35.2 Å². The molecule has 1 aliphatic carbocycles. The zero-order valence-electron chi connectivity index (χ0n) is 22.5. The summed E-state index contributed by atoms with van der Waals surface area (Å²) in [5.74, 6) is -0.987. The van der Waals surface area contributed by atoms with Gasteiger partial charge in [-0.3, -0.25) is 14.4 Å². The quantitative estimate of drug-likeness (QED) is 0.380. The van der Waals surface area contributed by atoms with Crippen LogP contribution in [0.25, 0.3) is 11.0 Å². The van der Waals surface area contributed by atoms with E-state index >= 15 is 0 Å². The summed E-state index contributed by atoms with van der Waals surface area (Å²) in [6.45, 7) is 4.47. The number of carbonyl (C=O) groups is 3. The van der Waals surface area contributed by atoms with Crippen molar-refractivity contribution < 1.29 is 18.8 Å². The lowest BCUT2D eigenvalue weighted by molar-refractivity contribution is -0.139. The Balaban J connectivity index is 1.30. The topological polar surface area (TPSA) is 107 Å². The van der Waals surface area contributed by atoms with E-state index in [2.05, 4.69) is 27.5 Å². The predicted octanol–water partition coefficient (Wildman–Crippen LogP) is 4.35. The molecule has 1 saturated carbocycles. The third-order valence-electron chi connectivity index (χ3n) is 8.04. The van der Waals surface area contributed by atoms with Gasteiger partial charge in [0, 0.05) is 18.5 Å². The third-order valence-corrected chi connectivity index (χ3v) is 8.04. The second kappa shape index (κ2) is 11.6. The van der Waals surface area contributed by atoms with Crippen molar-refractivity contribution in [3.8, 4) is 0 Å². The Kier molecular flexibility index (Phi) is 7.95. The van der Waals surface area contributed by atoms with Gasteiger partial charge >= 0.3 is 0 Å². The van der Waals surface area contributed by atoms with Gasteiger partial charge in [-0.1, -0.05) is 43.3 Å². The first-order valence-corrected chi connectivity index (χ1v) is 13.9. The summed E-state index contributed by atoms with van der Waals surface area (Å²) in [7, 11) is 0. The van der Waals surface area contributed by atoms with Crippen molar-refractivity contribution in [1.29, 1.82) is 0 Å². The zero-order chi connectivity index (χ0) is 27.5. The number of piperidine rings is 1. The number of rotatable bonds is 9. The van der Waals surface area contributed by atoms with Gasteiger partial charge in [0.2, 0.25) is 17.7 Å². The Hall–Kier alpha value is -3.75. The van der Waals surface area contributed by atoms with E-state index in [9.17, 15) is 18.8 Å². The van der Waals surface area contributed by atoms with Gasteiger partial charge in [-0.2, -0.15) is 0 Å². The number of aromatic nitrogens is 2. The zero-order valence-corrected chi connectivity index (χ0v) is 22.5. The standard InChI is InChI=1S/C30H36FN5O3/c1-3-20-12-7-8-15-36(20)26(37)17-25(34-29(38)22-16-21(22)19-10-5-4-6-11-19)30(39)32-18(2)28-33-24-14-9-13-23(31)27(24)35-28/h4-6,9-11,13-14,18,20-22,25H,3,7-8,12,15-17H2,1-2H3,(H,32,39)(H,33,35)(H,34,38)/t18?,20-,21-,22-,25?/m0/s1. The second-order valence-electron chi connectivity index (χ2n) is 10.8. The molecule has 2 heterocycles. The van der Waals surface area contributed by atoms with Gasteiger partial charge in [-0.15, -0.1) is 0 Å². The molecular weight excluding hydrogens is 497 g/mol. The molecular formula is C30H36FN5O3. The fourth-order valence-electron chi connectivity index (χ4n) is 5.69. The number of fused-ring (bicyclic) bond motifs is 1. The van der Waals surface area contributed by atoms with Crippen molar-refractivity contribution in [2.24, 2.45) is 5.92 Å². The Morgan fingerprint density at radius 2 is 1.90 bits per heavy atom. The predicted molar refractivity (Wildman–Crippen MR) is 146 cm³/mol. The number of nitrogens with one attached hydrogen (secondary N) is 3. The average molecular weight is 534 g/mol. The fraction of sp³-hybridized carbons (Fsp3) is 0.467. The van der Waals surface area contributed by atoms with Crippen molar-refractivity contribution >= 4 is 28.8 Å². The van der Waals surface area contributed by atoms with Gasteiger partial charge in [0.1, 0.15) is 17.4 Å². The van der Waals surface area contributed by atoms with Crippen molar-refractivity contribution in [3.63, 3.8) is 0 Å². The number of benzene rings is 2. The van der Waals surface area contributed by atoms with E-state index in [0.29, 0.717) is 24.3 Å². The smallest absolute Gasteiger partial charge is 0.243 e. The number of hydrogen-bond donors (Lipinski definition) is 3. The van der Waals surface area contributed by atoms with Crippen molar-refractivity contribution in [1.82, 2.24) is 25.5 Å². The van der Waals surface area contributed by atoms with Crippen molar-refractivity contribution in [2.45, 2.75) is 76.4 Å². The van der Waals surface area contributed by atoms with Crippen LogP contribution in [0.3, 0.4) is 0 Å². The van der Waals surface area contributed by atoms with E-state index in [0.717, 1.165) is 31.2 Å². The number of halogens is 1. The molecule has 5 atom stereocenters. The first-order chi connectivity index (χ1) is 18.9. The lowest BCUT2D eigenvalue weighted by atomic mass is 9.98. The molecule has 3 aromatic rings. The third kappa shape index (κ3) is 5.97. The Labute approximate surface area is 227 Å². The van der Waals surface area contributed by atoms with Crippen LogP contribution in [0, 0.1) is 11.7 Å². The first kappa shape index (κ1) is 26.8. The molecule has 3 N–H and O–H groups in total. The minimum Gasteiger partial charge on any atom is -0.345 e. The summed E-state index contributed by atoms with van der Waals surface area (Å²) in [5.41, 5.74) is 1.83. The SMILES string of the molecule is CC[C@H]1CCCCN1C(=O)CC(NC(=O)[C@H]1C[C@H]1c1ccccc1)C(=O)NC(C)c1nc2c(F)cccc2[nH]1. The molecule has 1 saturated heterocycles. The molecule has 0 radical (unpaired) electrons. The Bertz CT molecular complexity index is 1340. The first-order valence-electron chi connectivity index (χ1n) is 13.9. The molecule has 2 fully saturated rings. The molecule has 1 aliphatic heterocycles. The highest BCUT2D eigenvalue weighted by atomic mass is 19.1. The van der Waals surface area contributed by atoms with Crippen LogP contribution in [0.2, 0.25) is 0 Å². The van der Waals surface area contributed by atoms with Crippen LogP contribution in [0.1, 0.15) is 75.7 Å². The van der Waals surface area contributed by atoms with Crippen LogP contribution in [0.4, 0.5) is 4.39 Å². The lowest BCUT2D eigenvalue weighted by Crippen LogP contribution is -2.52. The summed E-state index contributed by atoms with van der Waals surface area (Å²) in [4.78, 5) is 49.3. The molecule has 2 unspecified atom stereocenters. The number of nitrogens with zero attached hydrogens (tertiary/aromatic N) is 2. The van der Waals surface area contributed by atoms with E-state index in [1.165, 1.54) is 6.07 Å². The molecule has 39 heavy (non-hydrogen) atoms. The van der Waals surface area contributed by atoms with Gasteiger partial charge < -0.3 is 20.5 Å². The van der Waals surface area contributed by atoms with E-state index in [4.69, 9.17) is 0 Å². The van der Waals surface area contributed by atoms with Crippen LogP contribution in [0.15, 0.2) is 48.5 Å². The molecule has 206 valence electrons. The summed E-state index contributed by atoms with van der Waals surface area (Å²) in [6.07, 6.45) is 4.43. The largest absolute Gasteiger partial charge is 0.345 e. The van der Waals surface area contributed by atoms with E-state index in [1.54, 1.807) is 19.1 Å². The van der Waals surface area contributed by atoms with Gasteiger partial charge in [-0.05, 0) is 62.6 Å². The maximum absolute atomic E-state index is 14.2. The van der Waals surface area contributed by atoms with Crippen LogP contribution in [-0.2, 0) is 14.4 Å². The Morgan fingerprint density at radius 1 is 1.10 bits per heavy atom. The van der Waals surface area contributed by atoms with Gasteiger partial charge in [0.05, 0.1) is 18.0 Å². The van der Waals surface area contributed by atoms with Crippen LogP contribution >= 0.6 is 0 Å². The van der Waals surface area contributed by atoms with Crippen LogP contribution in [0.5, 0.6) is 0 Å². The summed E-state index contributed by atoms with van der Waals surface area (Å²) in [5, 5.41) is 5.76. The number of amides is 3. The van der Waals surface area contributed by atoms with Crippen molar-refractivity contribution in [2.75, 3.05) is 6.54 Å². The van der Waals surface area contributed by atoms with E-state index in [-0.39, 0.29) is 41.6 Å². The van der Waals surface area contributed by atoms with Crippen LogP contribution in [-0.4, -0.2) is 51.2 Å². The molecule has 8 nitrogen and oxygen atoms in total. The summed E-state index contributed by atoms with van der Waals surface area (Å²) < 4.78 is 14.2. The highest BCUT2D eigenvalue weighted by Crippen LogP contribution is 2.47. The number of H-pyrrole nitrogens is 1. The molecule has 0 bridgehead atoms. The molecule has 2 aromatic carbocycles. The monoisotopic (exact) mass is 533 g/mol. The molecule has 9 heteroatoms. The number of para-hydroxylation sites is 1. The molecule has 5 rings (SSSR count). The van der Waals surface area contributed by atoms with E-state index < -0.39 is 23.8 Å². The van der Waals surface area contributed by atoms with Gasteiger partial charge in [-0.25, -0.2) is 9.37 Å². The molecule has 2 aliphatic rings. The minimum absolute atomic E-state index is 0.113. The number of aromatic amines is 1. The van der Waals surface area contributed by atoms with Gasteiger partial charge in [0.15, 0.2) is 5.82 Å². The molecule has 1 aromatic heterocycles.